The van der Waals surface area contributed by atoms with Gasteiger partial charge in [0.15, 0.2) is 5.82 Å². The van der Waals surface area contributed by atoms with E-state index in [9.17, 15) is 4.79 Å². The summed E-state index contributed by atoms with van der Waals surface area (Å²) in [7, 11) is 0. The van der Waals surface area contributed by atoms with Gasteiger partial charge in [-0.05, 0) is 13.3 Å². The van der Waals surface area contributed by atoms with E-state index in [4.69, 9.17) is 10.5 Å². The lowest BCUT2D eigenvalue weighted by atomic mass is 10.3. The fourth-order valence-electron chi connectivity index (χ4n) is 1.42. The van der Waals surface area contributed by atoms with Gasteiger partial charge in [0.1, 0.15) is 12.0 Å². The predicted molar refractivity (Wildman–Crippen MR) is 74.0 cm³/mol. The van der Waals surface area contributed by atoms with Crippen molar-refractivity contribution in [3.63, 3.8) is 0 Å². The number of carbonyl (C=O) groups is 1. The summed E-state index contributed by atoms with van der Waals surface area (Å²) in [5, 5.41) is 5.80. The first-order chi connectivity index (χ1) is 9.19. The van der Waals surface area contributed by atoms with Gasteiger partial charge in [-0.15, -0.1) is 0 Å². The molecule has 0 fully saturated rings. The van der Waals surface area contributed by atoms with E-state index in [2.05, 4.69) is 20.6 Å². The van der Waals surface area contributed by atoms with E-state index in [1.807, 2.05) is 13.8 Å². The second kappa shape index (κ2) is 8.12. The van der Waals surface area contributed by atoms with Crippen molar-refractivity contribution in [1.82, 2.24) is 15.3 Å². The maximum absolute atomic E-state index is 11.4. The maximum Gasteiger partial charge on any atom is 0.242 e. The van der Waals surface area contributed by atoms with Gasteiger partial charge in [-0.1, -0.05) is 6.92 Å². The molecule has 0 unspecified atom stereocenters. The third-order valence-electron chi connectivity index (χ3n) is 2.35. The van der Waals surface area contributed by atoms with Crippen LogP contribution in [0.4, 0.5) is 11.5 Å². The Morgan fingerprint density at radius 1 is 1.37 bits per heavy atom. The number of ether oxygens (including phenoxy) is 1. The Balaban J connectivity index is 2.45. The van der Waals surface area contributed by atoms with Gasteiger partial charge < -0.3 is 21.1 Å². The molecule has 4 N–H and O–H groups in total. The van der Waals surface area contributed by atoms with Crippen LogP contribution in [0, 0.1) is 0 Å². The number of nitrogen functional groups attached to an aromatic ring is 1. The van der Waals surface area contributed by atoms with E-state index in [1.165, 1.54) is 6.33 Å². The Kier molecular flexibility index (Phi) is 6.42. The average molecular weight is 267 g/mol. The lowest BCUT2D eigenvalue weighted by molar-refractivity contribution is -0.120. The van der Waals surface area contributed by atoms with Crippen LogP contribution < -0.4 is 21.1 Å². The van der Waals surface area contributed by atoms with Gasteiger partial charge in [0.2, 0.25) is 11.8 Å². The van der Waals surface area contributed by atoms with E-state index in [0.717, 1.165) is 6.42 Å². The SMILES string of the molecule is CCCNC(=O)CCNc1ncnc(OCC)c1N. The third kappa shape index (κ3) is 4.99. The van der Waals surface area contributed by atoms with Crippen molar-refractivity contribution in [2.45, 2.75) is 26.7 Å². The van der Waals surface area contributed by atoms with Crippen LogP contribution in [0.15, 0.2) is 6.33 Å². The Labute approximate surface area is 113 Å². The van der Waals surface area contributed by atoms with Crippen LogP contribution in [-0.4, -0.2) is 35.6 Å². The molecular weight excluding hydrogens is 246 g/mol. The fraction of sp³-hybridized carbons (Fsp3) is 0.583. The fourth-order valence-corrected chi connectivity index (χ4v) is 1.42. The quantitative estimate of drug-likeness (QED) is 0.643. The summed E-state index contributed by atoms with van der Waals surface area (Å²) in [5.41, 5.74) is 6.21. The summed E-state index contributed by atoms with van der Waals surface area (Å²) >= 11 is 0. The van der Waals surface area contributed by atoms with E-state index in [1.54, 1.807) is 0 Å². The summed E-state index contributed by atoms with van der Waals surface area (Å²) in [6.07, 6.45) is 2.67. The van der Waals surface area contributed by atoms with E-state index < -0.39 is 0 Å². The van der Waals surface area contributed by atoms with Gasteiger partial charge in [-0.2, -0.15) is 4.98 Å². The molecule has 0 saturated carbocycles. The number of hydrogen-bond acceptors (Lipinski definition) is 6. The minimum absolute atomic E-state index is 0.00649. The number of anilines is 2. The minimum Gasteiger partial charge on any atom is -0.476 e. The van der Waals surface area contributed by atoms with Crippen molar-refractivity contribution < 1.29 is 9.53 Å². The second-order valence-corrected chi connectivity index (χ2v) is 3.90. The van der Waals surface area contributed by atoms with Crippen LogP contribution in [0.2, 0.25) is 0 Å². The Morgan fingerprint density at radius 2 is 2.16 bits per heavy atom. The van der Waals surface area contributed by atoms with Gasteiger partial charge in [0.05, 0.1) is 6.61 Å². The zero-order chi connectivity index (χ0) is 14.1. The number of nitrogens with one attached hydrogen (secondary N) is 2. The normalized spacial score (nSPS) is 10.0. The topological polar surface area (TPSA) is 102 Å². The molecule has 0 aliphatic carbocycles. The summed E-state index contributed by atoms with van der Waals surface area (Å²) in [6, 6.07) is 0. The van der Waals surface area contributed by atoms with Gasteiger partial charge >= 0.3 is 0 Å². The number of carbonyl (C=O) groups excluding carboxylic acids is 1. The molecule has 7 nitrogen and oxygen atoms in total. The Hall–Kier alpha value is -2.05. The van der Waals surface area contributed by atoms with Crippen LogP contribution >= 0.6 is 0 Å². The molecule has 1 heterocycles. The zero-order valence-corrected chi connectivity index (χ0v) is 11.4. The lowest BCUT2D eigenvalue weighted by Gasteiger charge is -2.10. The number of nitrogens with zero attached hydrogens (tertiary/aromatic N) is 2. The molecule has 0 atom stereocenters. The molecule has 0 spiro atoms. The van der Waals surface area contributed by atoms with E-state index in [0.29, 0.717) is 43.5 Å². The van der Waals surface area contributed by atoms with Crippen molar-refractivity contribution in [3.05, 3.63) is 6.33 Å². The molecule has 0 saturated heterocycles. The third-order valence-corrected chi connectivity index (χ3v) is 2.35. The van der Waals surface area contributed by atoms with Crippen molar-refractivity contribution >= 4 is 17.4 Å². The average Bonchev–Trinajstić information content (AvgIpc) is 2.41. The second-order valence-electron chi connectivity index (χ2n) is 3.90. The molecule has 1 aromatic heterocycles. The highest BCUT2D eigenvalue weighted by Crippen LogP contribution is 2.24. The summed E-state index contributed by atoms with van der Waals surface area (Å²) in [4.78, 5) is 19.4. The molecule has 1 amide bonds. The largest absolute Gasteiger partial charge is 0.476 e. The molecule has 106 valence electrons. The molecule has 0 aliphatic heterocycles. The maximum atomic E-state index is 11.4. The molecule has 0 radical (unpaired) electrons. The van der Waals surface area contributed by atoms with E-state index in [-0.39, 0.29) is 5.91 Å². The Bertz CT molecular complexity index is 411. The summed E-state index contributed by atoms with van der Waals surface area (Å²) in [5.74, 6) is 0.851. The first kappa shape index (κ1) is 15.0. The van der Waals surface area contributed by atoms with Crippen LogP contribution in [0.25, 0.3) is 0 Å². The van der Waals surface area contributed by atoms with Crippen LogP contribution in [-0.2, 0) is 4.79 Å². The van der Waals surface area contributed by atoms with Gasteiger partial charge in [-0.25, -0.2) is 4.98 Å². The van der Waals surface area contributed by atoms with Crippen LogP contribution in [0.5, 0.6) is 5.88 Å². The highest BCUT2D eigenvalue weighted by Gasteiger charge is 2.08. The van der Waals surface area contributed by atoms with Crippen molar-refractivity contribution in [3.8, 4) is 5.88 Å². The minimum atomic E-state index is 0.00649. The van der Waals surface area contributed by atoms with Crippen molar-refractivity contribution in [2.75, 3.05) is 30.7 Å². The summed E-state index contributed by atoms with van der Waals surface area (Å²) < 4.78 is 5.26. The number of hydrogen-bond donors (Lipinski definition) is 3. The number of rotatable bonds is 8. The molecule has 19 heavy (non-hydrogen) atoms. The van der Waals surface area contributed by atoms with Crippen LogP contribution in [0.3, 0.4) is 0 Å². The monoisotopic (exact) mass is 267 g/mol. The van der Waals surface area contributed by atoms with Crippen molar-refractivity contribution in [2.24, 2.45) is 0 Å². The number of amides is 1. The molecular formula is C12H21N5O2. The van der Waals surface area contributed by atoms with Gasteiger partial charge in [-0.3, -0.25) is 4.79 Å². The zero-order valence-electron chi connectivity index (χ0n) is 11.4. The molecule has 0 bridgehead atoms. The van der Waals surface area contributed by atoms with Gasteiger partial charge in [0.25, 0.3) is 0 Å². The van der Waals surface area contributed by atoms with Gasteiger partial charge in [0, 0.05) is 19.5 Å². The molecule has 7 heteroatoms. The number of aromatic nitrogens is 2. The van der Waals surface area contributed by atoms with E-state index >= 15 is 0 Å². The first-order valence-electron chi connectivity index (χ1n) is 6.42. The Morgan fingerprint density at radius 3 is 2.84 bits per heavy atom. The first-order valence-corrected chi connectivity index (χ1v) is 6.42. The molecule has 0 aromatic carbocycles. The highest BCUT2D eigenvalue weighted by atomic mass is 16.5. The smallest absolute Gasteiger partial charge is 0.242 e. The van der Waals surface area contributed by atoms with Crippen LogP contribution in [0.1, 0.15) is 26.7 Å². The highest BCUT2D eigenvalue weighted by molar-refractivity contribution is 5.76. The standard InChI is InChI=1S/C12H21N5O2/c1-3-6-14-9(18)5-7-15-11-10(13)12(19-4-2)17-8-16-11/h8H,3-7,13H2,1-2H3,(H,14,18)(H,15,16,17). The lowest BCUT2D eigenvalue weighted by Crippen LogP contribution is -2.26. The molecule has 1 rings (SSSR count). The molecule has 1 aromatic rings. The van der Waals surface area contributed by atoms with Crippen molar-refractivity contribution in [1.29, 1.82) is 0 Å². The number of nitrogens with two attached hydrogens (primary N) is 1. The summed E-state index contributed by atoms with van der Waals surface area (Å²) in [6.45, 7) is 5.51. The molecule has 0 aliphatic rings. The predicted octanol–water partition coefficient (Wildman–Crippen LogP) is 0.786.